The third-order valence-electron chi connectivity index (χ3n) is 2.13. The lowest BCUT2D eigenvalue weighted by atomic mass is 10.2. The lowest BCUT2D eigenvalue weighted by Gasteiger charge is -2.09. The predicted octanol–water partition coefficient (Wildman–Crippen LogP) is 1.89. The number of amides is 3. The van der Waals surface area contributed by atoms with Crippen LogP contribution in [0.15, 0.2) is 30.4 Å². The molecule has 0 fully saturated rings. The van der Waals surface area contributed by atoms with Gasteiger partial charge in [0.25, 0.3) is 5.91 Å². The van der Waals surface area contributed by atoms with Crippen LogP contribution in [0.25, 0.3) is 0 Å². The number of halogens is 1. The summed E-state index contributed by atoms with van der Waals surface area (Å²) < 4.78 is 0.979. The van der Waals surface area contributed by atoms with E-state index in [4.69, 9.17) is 5.11 Å². The van der Waals surface area contributed by atoms with E-state index in [0.29, 0.717) is 11.8 Å². The molecule has 0 saturated heterocycles. The largest absolute Gasteiger partial charge is 0.478 e. The Morgan fingerprint density at radius 2 is 1.95 bits per heavy atom. The number of imide groups is 1. The number of anilines is 1. The lowest BCUT2D eigenvalue weighted by Crippen LogP contribution is -2.33. The molecule has 1 aromatic carbocycles. The Balaban J connectivity index is 2.63. The second-order valence-corrected chi connectivity index (χ2v) is 4.69. The predicted molar refractivity (Wildman–Crippen MR) is 77.8 cm³/mol. The molecule has 0 unspecified atom stereocenters. The van der Waals surface area contributed by atoms with Gasteiger partial charge in [0.1, 0.15) is 0 Å². The van der Waals surface area contributed by atoms with Crippen molar-refractivity contribution < 1.29 is 19.5 Å². The van der Waals surface area contributed by atoms with Crippen molar-refractivity contribution in [3.05, 3.63) is 39.5 Å². The number of hydrogen-bond donors (Lipinski definition) is 3. The van der Waals surface area contributed by atoms with E-state index in [-0.39, 0.29) is 0 Å². The fourth-order valence-corrected chi connectivity index (χ4v) is 1.70. The molecule has 6 nitrogen and oxygen atoms in total. The zero-order valence-electron chi connectivity index (χ0n) is 9.94. The molecule has 7 heteroatoms. The van der Waals surface area contributed by atoms with Crippen molar-refractivity contribution in [1.29, 1.82) is 0 Å². The molecule has 3 N–H and O–H groups in total. The summed E-state index contributed by atoms with van der Waals surface area (Å²) in [4.78, 5) is 32.9. The van der Waals surface area contributed by atoms with Crippen molar-refractivity contribution in [2.75, 3.05) is 5.32 Å². The first-order valence-electron chi connectivity index (χ1n) is 5.18. The quantitative estimate of drug-likeness (QED) is 0.556. The molecule has 0 spiro atoms. The molecule has 0 aromatic heterocycles. The van der Waals surface area contributed by atoms with Crippen molar-refractivity contribution in [2.24, 2.45) is 0 Å². The topological polar surface area (TPSA) is 95.5 Å². The van der Waals surface area contributed by atoms with Gasteiger partial charge in [-0.2, -0.15) is 0 Å². The van der Waals surface area contributed by atoms with Gasteiger partial charge >= 0.3 is 12.0 Å². The van der Waals surface area contributed by atoms with Gasteiger partial charge in [-0.1, -0.05) is 6.07 Å². The zero-order valence-corrected chi connectivity index (χ0v) is 12.1. The Labute approximate surface area is 123 Å². The van der Waals surface area contributed by atoms with Gasteiger partial charge in [-0.15, -0.1) is 0 Å². The first kappa shape index (κ1) is 15.2. The van der Waals surface area contributed by atoms with Crippen LogP contribution in [0.1, 0.15) is 5.56 Å². The van der Waals surface area contributed by atoms with Crippen LogP contribution in [0.5, 0.6) is 0 Å². The lowest BCUT2D eigenvalue weighted by molar-refractivity contribution is -0.131. The maximum absolute atomic E-state index is 11.5. The number of carbonyl (C=O) groups is 3. The molecule has 0 heterocycles. The van der Waals surface area contributed by atoms with Crippen molar-refractivity contribution >= 4 is 46.2 Å². The number of carboxylic acids is 1. The monoisotopic (exact) mass is 374 g/mol. The van der Waals surface area contributed by atoms with Crippen LogP contribution >= 0.6 is 22.6 Å². The van der Waals surface area contributed by atoms with Crippen molar-refractivity contribution in [1.82, 2.24) is 5.32 Å². The fourth-order valence-electron chi connectivity index (χ4n) is 1.20. The Kier molecular flexibility index (Phi) is 5.49. The van der Waals surface area contributed by atoms with E-state index in [9.17, 15) is 14.4 Å². The molecule has 0 atom stereocenters. The number of benzene rings is 1. The van der Waals surface area contributed by atoms with Crippen LogP contribution in [0.2, 0.25) is 0 Å². The van der Waals surface area contributed by atoms with E-state index in [2.05, 4.69) is 27.9 Å². The summed E-state index contributed by atoms with van der Waals surface area (Å²) in [6.07, 6.45) is 1.42. The Morgan fingerprint density at radius 1 is 1.26 bits per heavy atom. The highest BCUT2D eigenvalue weighted by Crippen LogP contribution is 2.19. The van der Waals surface area contributed by atoms with Crippen molar-refractivity contribution in [2.45, 2.75) is 6.92 Å². The van der Waals surface area contributed by atoms with Crippen molar-refractivity contribution in [3.8, 4) is 0 Å². The summed E-state index contributed by atoms with van der Waals surface area (Å²) >= 11 is 2.13. The van der Waals surface area contributed by atoms with Crippen molar-refractivity contribution in [3.63, 3.8) is 0 Å². The maximum Gasteiger partial charge on any atom is 0.328 e. The second-order valence-electron chi connectivity index (χ2n) is 3.53. The summed E-state index contributed by atoms with van der Waals surface area (Å²) in [5, 5.41) is 12.8. The molecule has 3 amide bonds. The number of urea groups is 1. The van der Waals surface area contributed by atoms with E-state index < -0.39 is 17.9 Å². The van der Waals surface area contributed by atoms with E-state index >= 15 is 0 Å². The Bertz CT molecular complexity index is 555. The smallest absolute Gasteiger partial charge is 0.328 e. The number of nitrogens with one attached hydrogen (secondary N) is 2. The maximum atomic E-state index is 11.5. The molecule has 0 aliphatic rings. The molecule has 0 saturated carbocycles. The van der Waals surface area contributed by atoms with Gasteiger partial charge in [-0.05, 0) is 47.2 Å². The minimum atomic E-state index is -1.26. The SMILES string of the molecule is Cc1c(I)cccc1NC(=O)NC(=O)/C=C/C(=O)O. The van der Waals surface area contributed by atoms with Gasteiger partial charge in [-0.25, -0.2) is 9.59 Å². The average Bonchev–Trinajstić information content (AvgIpc) is 2.32. The van der Waals surface area contributed by atoms with Crippen LogP contribution in [-0.4, -0.2) is 23.0 Å². The van der Waals surface area contributed by atoms with Crippen LogP contribution in [-0.2, 0) is 9.59 Å². The van der Waals surface area contributed by atoms with E-state index in [1.807, 2.05) is 18.3 Å². The van der Waals surface area contributed by atoms with Gasteiger partial charge in [0.15, 0.2) is 0 Å². The Hall–Kier alpha value is -1.90. The third kappa shape index (κ3) is 5.08. The standard InChI is InChI=1S/C12H11IN2O4/c1-7-8(13)3-2-4-9(7)14-12(19)15-10(16)5-6-11(17)18/h2-6H,1H3,(H,17,18)(H2,14,15,16,19)/b6-5+. The molecule has 1 rings (SSSR count). The number of hydrogen-bond acceptors (Lipinski definition) is 3. The number of rotatable bonds is 3. The Morgan fingerprint density at radius 3 is 2.58 bits per heavy atom. The van der Waals surface area contributed by atoms with Crippen LogP contribution in [0.4, 0.5) is 10.5 Å². The minimum Gasteiger partial charge on any atom is -0.478 e. The van der Waals surface area contributed by atoms with Gasteiger partial charge in [0.2, 0.25) is 0 Å². The molecule has 0 bridgehead atoms. The molecular formula is C12H11IN2O4. The van der Waals surface area contributed by atoms with Crippen LogP contribution in [0.3, 0.4) is 0 Å². The average molecular weight is 374 g/mol. The molecule has 0 radical (unpaired) electrons. The summed E-state index contributed by atoms with van der Waals surface area (Å²) in [7, 11) is 0. The van der Waals surface area contributed by atoms with Crippen LogP contribution in [0, 0.1) is 10.5 Å². The number of carbonyl (C=O) groups excluding carboxylic acids is 2. The zero-order chi connectivity index (χ0) is 14.4. The highest BCUT2D eigenvalue weighted by Gasteiger charge is 2.08. The van der Waals surface area contributed by atoms with Gasteiger partial charge in [-0.3, -0.25) is 10.1 Å². The highest BCUT2D eigenvalue weighted by atomic mass is 127. The fraction of sp³-hybridized carbons (Fsp3) is 0.0833. The summed E-state index contributed by atoms with van der Waals surface area (Å²) in [5.41, 5.74) is 1.46. The van der Waals surface area contributed by atoms with Gasteiger partial charge in [0, 0.05) is 21.4 Å². The second kappa shape index (κ2) is 6.88. The van der Waals surface area contributed by atoms with E-state index in [1.54, 1.807) is 12.1 Å². The molecular weight excluding hydrogens is 363 g/mol. The summed E-state index contributed by atoms with van der Waals surface area (Å²) in [5.74, 6) is -2.06. The molecule has 100 valence electrons. The number of aliphatic carboxylic acids is 1. The van der Waals surface area contributed by atoms with Gasteiger partial charge in [0.05, 0.1) is 0 Å². The molecule has 19 heavy (non-hydrogen) atoms. The molecule has 0 aliphatic heterocycles. The normalized spacial score (nSPS) is 10.2. The number of carboxylic acid groups (broad SMARTS) is 1. The summed E-state index contributed by atoms with van der Waals surface area (Å²) in [6, 6.07) is 4.65. The van der Waals surface area contributed by atoms with E-state index in [1.165, 1.54) is 0 Å². The van der Waals surface area contributed by atoms with Crippen LogP contribution < -0.4 is 10.6 Å². The van der Waals surface area contributed by atoms with Gasteiger partial charge < -0.3 is 10.4 Å². The molecule has 0 aliphatic carbocycles. The first-order chi connectivity index (χ1) is 8.90. The van der Waals surface area contributed by atoms with E-state index in [0.717, 1.165) is 15.2 Å². The highest BCUT2D eigenvalue weighted by molar-refractivity contribution is 14.1. The first-order valence-corrected chi connectivity index (χ1v) is 6.26. The molecule has 1 aromatic rings. The summed E-state index contributed by atoms with van der Waals surface area (Å²) in [6.45, 7) is 1.84. The minimum absolute atomic E-state index is 0.583. The third-order valence-corrected chi connectivity index (χ3v) is 3.30.